The van der Waals surface area contributed by atoms with Crippen molar-refractivity contribution in [2.24, 2.45) is 7.05 Å². The van der Waals surface area contributed by atoms with Crippen LogP contribution in [-0.4, -0.2) is 26.7 Å². The first-order valence-corrected chi connectivity index (χ1v) is 8.83. The molecule has 0 aliphatic carbocycles. The van der Waals surface area contributed by atoms with Crippen LogP contribution in [0.25, 0.3) is 11.3 Å². The van der Waals surface area contributed by atoms with Gasteiger partial charge in [-0.15, -0.1) is 0 Å². The standard InChI is InChI=1S/C20H21N3O5.K/c1-3-14-17(28-22-19(14)12-4-6-13(24)7-5-12)8-9-18(25)21-16-11-23(2)10-15(16)20(26)27;/h4-7,10-11,24H,3,8-9H2,1-2H3,(H,21,25)(H,26,27);/q;+1/p-1. The smallest absolute Gasteiger partial charge is 0.545 e. The number of anilines is 1. The number of aromatic carboxylic acids is 1. The third-order valence-corrected chi connectivity index (χ3v) is 4.39. The molecule has 0 spiro atoms. The number of nitrogens with zero attached hydrogens (tertiary/aromatic N) is 2. The number of carboxylic acid groups (broad SMARTS) is 1. The summed E-state index contributed by atoms with van der Waals surface area (Å²) in [5.74, 6) is -0.913. The second kappa shape index (κ2) is 10.2. The summed E-state index contributed by atoms with van der Waals surface area (Å²) in [6, 6.07) is 6.65. The van der Waals surface area contributed by atoms with Crippen molar-refractivity contribution in [1.82, 2.24) is 9.72 Å². The number of carbonyl (C=O) groups is 2. The largest absolute Gasteiger partial charge is 1.00 e. The zero-order valence-electron chi connectivity index (χ0n) is 16.6. The minimum absolute atomic E-state index is 0. The molecule has 29 heavy (non-hydrogen) atoms. The van der Waals surface area contributed by atoms with Gasteiger partial charge in [-0.3, -0.25) is 4.79 Å². The maximum Gasteiger partial charge on any atom is 1.00 e. The quantitative estimate of drug-likeness (QED) is 0.467. The van der Waals surface area contributed by atoms with Crippen molar-refractivity contribution < 1.29 is 75.7 Å². The summed E-state index contributed by atoms with van der Waals surface area (Å²) in [7, 11) is 1.66. The molecule has 1 amide bonds. The Morgan fingerprint density at radius 3 is 2.55 bits per heavy atom. The molecule has 0 atom stereocenters. The number of carboxylic acids is 1. The van der Waals surface area contributed by atoms with Crippen molar-refractivity contribution in [3.05, 3.63) is 53.5 Å². The van der Waals surface area contributed by atoms with Gasteiger partial charge in [-0.2, -0.15) is 0 Å². The number of aromatic hydroxyl groups is 1. The molecular formula is C20H20KN3O5. The fourth-order valence-electron chi connectivity index (χ4n) is 3.04. The molecule has 0 aliphatic rings. The van der Waals surface area contributed by atoms with Crippen LogP contribution in [0.5, 0.6) is 5.75 Å². The number of amides is 1. The Hall–Kier alpha value is -1.91. The van der Waals surface area contributed by atoms with Gasteiger partial charge < -0.3 is 29.4 Å². The van der Waals surface area contributed by atoms with E-state index in [0.717, 1.165) is 11.1 Å². The molecule has 2 aromatic heterocycles. The first-order chi connectivity index (χ1) is 13.4. The van der Waals surface area contributed by atoms with Crippen LogP contribution in [0, 0.1) is 0 Å². The van der Waals surface area contributed by atoms with Crippen LogP contribution < -0.4 is 61.8 Å². The van der Waals surface area contributed by atoms with Gasteiger partial charge in [0.2, 0.25) is 5.91 Å². The van der Waals surface area contributed by atoms with Gasteiger partial charge >= 0.3 is 51.4 Å². The Morgan fingerprint density at radius 1 is 1.24 bits per heavy atom. The molecule has 3 rings (SSSR count). The molecule has 2 heterocycles. The van der Waals surface area contributed by atoms with E-state index in [1.165, 1.54) is 17.0 Å². The van der Waals surface area contributed by atoms with E-state index in [1.807, 2.05) is 6.92 Å². The van der Waals surface area contributed by atoms with Crippen LogP contribution in [0.4, 0.5) is 5.69 Å². The van der Waals surface area contributed by atoms with E-state index in [2.05, 4.69) is 10.5 Å². The number of rotatable bonds is 7. The molecule has 8 nitrogen and oxygen atoms in total. The third kappa shape index (κ3) is 5.58. The van der Waals surface area contributed by atoms with Gasteiger partial charge in [-0.25, -0.2) is 0 Å². The monoisotopic (exact) mass is 421 g/mol. The molecule has 0 saturated carbocycles. The van der Waals surface area contributed by atoms with Crippen LogP contribution in [0.3, 0.4) is 0 Å². The summed E-state index contributed by atoms with van der Waals surface area (Å²) < 4.78 is 6.98. The van der Waals surface area contributed by atoms with E-state index >= 15 is 0 Å². The van der Waals surface area contributed by atoms with Crippen LogP contribution in [-0.2, 0) is 24.7 Å². The Bertz CT molecular complexity index is 1010. The van der Waals surface area contributed by atoms with Gasteiger partial charge in [-0.05, 0) is 30.7 Å². The van der Waals surface area contributed by atoms with Crippen molar-refractivity contribution in [3.63, 3.8) is 0 Å². The molecular weight excluding hydrogens is 401 g/mol. The molecule has 0 radical (unpaired) electrons. The predicted octanol–water partition coefficient (Wildman–Crippen LogP) is -1.11. The first-order valence-electron chi connectivity index (χ1n) is 8.83. The number of aryl methyl sites for hydroxylation is 2. The summed E-state index contributed by atoms with van der Waals surface area (Å²) in [5.41, 5.74) is 2.52. The van der Waals surface area contributed by atoms with E-state index in [0.29, 0.717) is 24.3 Å². The number of hydrogen-bond acceptors (Lipinski definition) is 6. The molecule has 9 heteroatoms. The van der Waals surface area contributed by atoms with E-state index in [-0.39, 0.29) is 80.7 Å². The maximum atomic E-state index is 12.3. The van der Waals surface area contributed by atoms with Gasteiger partial charge in [0.15, 0.2) is 0 Å². The van der Waals surface area contributed by atoms with Gasteiger partial charge in [0, 0.05) is 49.0 Å². The summed E-state index contributed by atoms with van der Waals surface area (Å²) in [6.07, 6.45) is 3.99. The minimum atomic E-state index is -1.35. The summed E-state index contributed by atoms with van der Waals surface area (Å²) in [4.78, 5) is 23.4. The zero-order valence-corrected chi connectivity index (χ0v) is 19.7. The average Bonchev–Trinajstić information content (AvgIpc) is 3.23. The zero-order chi connectivity index (χ0) is 20.3. The molecule has 0 bridgehead atoms. The Balaban J connectivity index is 0.00000300. The normalized spacial score (nSPS) is 10.4. The molecule has 0 saturated heterocycles. The van der Waals surface area contributed by atoms with E-state index in [9.17, 15) is 19.8 Å². The minimum Gasteiger partial charge on any atom is -0.545 e. The van der Waals surface area contributed by atoms with Crippen LogP contribution in [0.1, 0.15) is 35.0 Å². The number of phenols is 1. The number of carbonyl (C=O) groups excluding carboxylic acids is 2. The summed E-state index contributed by atoms with van der Waals surface area (Å²) in [5, 5.41) is 27.3. The summed E-state index contributed by atoms with van der Waals surface area (Å²) in [6.45, 7) is 1.97. The Kier molecular flexibility index (Phi) is 8.23. The molecule has 3 aromatic rings. The van der Waals surface area contributed by atoms with Crippen molar-refractivity contribution in [2.45, 2.75) is 26.2 Å². The van der Waals surface area contributed by atoms with E-state index < -0.39 is 5.97 Å². The first kappa shape index (κ1) is 23.4. The van der Waals surface area contributed by atoms with Crippen molar-refractivity contribution in [3.8, 4) is 17.0 Å². The molecule has 0 fully saturated rings. The third-order valence-electron chi connectivity index (χ3n) is 4.39. The van der Waals surface area contributed by atoms with E-state index in [1.54, 1.807) is 31.3 Å². The van der Waals surface area contributed by atoms with E-state index in [4.69, 9.17) is 4.52 Å². The van der Waals surface area contributed by atoms with Crippen LogP contribution >= 0.6 is 0 Å². The molecule has 1 aromatic carbocycles. The fourth-order valence-corrected chi connectivity index (χ4v) is 3.04. The number of aromatic nitrogens is 2. The topological polar surface area (TPSA) is 120 Å². The van der Waals surface area contributed by atoms with Gasteiger partial charge in [0.25, 0.3) is 0 Å². The molecule has 0 aliphatic heterocycles. The molecule has 146 valence electrons. The second-order valence-corrected chi connectivity index (χ2v) is 6.42. The Morgan fingerprint density at radius 2 is 1.93 bits per heavy atom. The molecule has 0 unspecified atom stereocenters. The van der Waals surface area contributed by atoms with Crippen LogP contribution in [0.15, 0.2) is 41.2 Å². The van der Waals surface area contributed by atoms with Crippen LogP contribution in [0.2, 0.25) is 0 Å². The number of nitrogens with one attached hydrogen (secondary N) is 1. The van der Waals surface area contributed by atoms with Crippen molar-refractivity contribution >= 4 is 17.6 Å². The summed E-state index contributed by atoms with van der Waals surface area (Å²) >= 11 is 0. The SMILES string of the molecule is CCc1c(-c2ccc(O)cc2)noc1CCC(=O)Nc1cn(C)cc1C(=O)[O-].[K+]. The van der Waals surface area contributed by atoms with Crippen molar-refractivity contribution in [2.75, 3.05) is 5.32 Å². The van der Waals surface area contributed by atoms with Gasteiger partial charge in [0.05, 0.1) is 11.7 Å². The molecule has 2 N–H and O–H groups in total. The van der Waals surface area contributed by atoms with Gasteiger partial charge in [0.1, 0.15) is 17.2 Å². The number of phenolic OH excluding ortho intramolecular Hbond substituents is 1. The van der Waals surface area contributed by atoms with Crippen molar-refractivity contribution in [1.29, 1.82) is 0 Å². The average molecular weight is 421 g/mol. The second-order valence-electron chi connectivity index (χ2n) is 6.42. The Labute approximate surface area is 210 Å². The number of benzene rings is 1. The maximum absolute atomic E-state index is 12.3. The predicted molar refractivity (Wildman–Crippen MR) is 99.7 cm³/mol. The van der Waals surface area contributed by atoms with Gasteiger partial charge in [-0.1, -0.05) is 12.1 Å². The fraction of sp³-hybridized carbons (Fsp3) is 0.250. The number of hydrogen-bond donors (Lipinski definition) is 2.